The van der Waals surface area contributed by atoms with Crippen LogP contribution in [-0.4, -0.2) is 33.9 Å². The van der Waals surface area contributed by atoms with Crippen LogP contribution in [0.4, 0.5) is 5.82 Å². The van der Waals surface area contributed by atoms with Crippen molar-refractivity contribution in [3.8, 4) is 0 Å². The first-order valence-electron chi connectivity index (χ1n) is 7.77. The normalized spacial score (nSPS) is 13.0. The van der Waals surface area contributed by atoms with Crippen molar-refractivity contribution in [1.82, 2.24) is 14.6 Å². The Morgan fingerprint density at radius 3 is 2.67 bits per heavy atom. The predicted octanol–water partition coefficient (Wildman–Crippen LogP) is 3.39. The number of aryl methyl sites for hydroxylation is 1. The Morgan fingerprint density at radius 1 is 1.29 bits per heavy atom. The number of nitrogens with zero attached hydrogens (tertiary/aromatic N) is 3. The smallest absolute Gasteiger partial charge is 0.157 e. The lowest BCUT2D eigenvalue weighted by molar-refractivity contribution is 0.0694. The van der Waals surface area contributed by atoms with E-state index in [4.69, 9.17) is 4.74 Å². The van der Waals surface area contributed by atoms with E-state index in [9.17, 15) is 0 Å². The molecule has 0 aliphatic rings. The molecule has 0 unspecified atom stereocenters. The number of hydrogen-bond acceptors (Lipinski definition) is 4. The lowest BCUT2D eigenvalue weighted by Gasteiger charge is -2.17. The maximum Gasteiger partial charge on any atom is 0.157 e. The molecule has 0 radical (unpaired) electrons. The number of aromatic nitrogens is 3. The second-order valence-electron chi connectivity index (χ2n) is 5.64. The van der Waals surface area contributed by atoms with Crippen molar-refractivity contribution in [2.24, 2.45) is 0 Å². The Bertz CT molecular complexity index is 591. The molecule has 0 aliphatic carbocycles. The number of hydrogen-bond donors (Lipinski definition) is 1. The van der Waals surface area contributed by atoms with Crippen LogP contribution in [0.2, 0.25) is 0 Å². The van der Waals surface area contributed by atoms with Crippen molar-refractivity contribution < 1.29 is 4.74 Å². The van der Waals surface area contributed by atoms with Gasteiger partial charge in [-0.05, 0) is 26.2 Å². The molecule has 2 aromatic rings. The summed E-state index contributed by atoms with van der Waals surface area (Å²) in [5.74, 6) is 1.37. The molecule has 2 heterocycles. The van der Waals surface area contributed by atoms with E-state index in [0.717, 1.165) is 42.4 Å². The quantitative estimate of drug-likeness (QED) is 0.849. The second kappa shape index (κ2) is 6.89. The molecule has 116 valence electrons. The van der Waals surface area contributed by atoms with Gasteiger partial charge in [0.1, 0.15) is 5.82 Å². The molecule has 2 aromatic heterocycles. The van der Waals surface area contributed by atoms with Gasteiger partial charge in [-0.1, -0.05) is 20.8 Å². The Labute approximate surface area is 126 Å². The fourth-order valence-corrected chi connectivity index (χ4v) is 2.31. The molecule has 0 amide bonds. The number of nitrogens with one attached hydrogen (secondary N) is 1. The zero-order chi connectivity index (χ0) is 15.4. The van der Waals surface area contributed by atoms with E-state index < -0.39 is 0 Å². The summed E-state index contributed by atoms with van der Waals surface area (Å²) < 4.78 is 7.57. The molecule has 1 atom stereocenters. The molecule has 21 heavy (non-hydrogen) atoms. The van der Waals surface area contributed by atoms with Gasteiger partial charge in [-0.3, -0.25) is 0 Å². The maximum absolute atomic E-state index is 5.70. The highest BCUT2D eigenvalue weighted by Crippen LogP contribution is 2.19. The highest BCUT2D eigenvalue weighted by Gasteiger charge is 2.12. The van der Waals surface area contributed by atoms with Crippen LogP contribution in [0, 0.1) is 6.92 Å². The maximum atomic E-state index is 5.70. The van der Waals surface area contributed by atoms with Crippen LogP contribution in [0.25, 0.3) is 5.65 Å². The third-order valence-electron chi connectivity index (χ3n) is 3.53. The van der Waals surface area contributed by atoms with Crippen LogP contribution in [0.3, 0.4) is 0 Å². The number of ether oxygens (including phenoxy) is 1. The topological polar surface area (TPSA) is 51.5 Å². The number of rotatable bonds is 7. The Balaban J connectivity index is 2.28. The minimum absolute atomic E-state index is 0.220. The highest BCUT2D eigenvalue weighted by molar-refractivity contribution is 5.51. The summed E-state index contributed by atoms with van der Waals surface area (Å²) in [5.41, 5.74) is 2.95. The molecule has 0 saturated heterocycles. The molecule has 0 spiro atoms. The molecule has 0 fully saturated rings. The molecule has 0 aromatic carbocycles. The van der Waals surface area contributed by atoms with E-state index in [1.807, 2.05) is 24.4 Å². The lowest BCUT2D eigenvalue weighted by atomic mass is 10.1. The van der Waals surface area contributed by atoms with Gasteiger partial charge in [-0.25, -0.2) is 4.98 Å². The van der Waals surface area contributed by atoms with Gasteiger partial charge in [0.2, 0.25) is 0 Å². The summed E-state index contributed by atoms with van der Waals surface area (Å²) in [7, 11) is 0. The Kier molecular flexibility index (Phi) is 5.17. The molecular weight excluding hydrogens is 264 g/mol. The monoisotopic (exact) mass is 290 g/mol. The fourth-order valence-electron chi connectivity index (χ4n) is 2.31. The SMILES string of the molecule is CCO[C@@H](CC)CNc1cc(C(C)C)nc2cc(C)nn12. The molecule has 0 bridgehead atoms. The molecular formula is C16H26N4O. The van der Waals surface area contributed by atoms with Crippen molar-refractivity contribution >= 4 is 11.5 Å². The third-order valence-corrected chi connectivity index (χ3v) is 3.53. The van der Waals surface area contributed by atoms with Crippen LogP contribution in [0.5, 0.6) is 0 Å². The fraction of sp³-hybridized carbons (Fsp3) is 0.625. The van der Waals surface area contributed by atoms with Gasteiger partial charge in [0.25, 0.3) is 0 Å². The average Bonchev–Trinajstić information content (AvgIpc) is 2.83. The average molecular weight is 290 g/mol. The third kappa shape index (κ3) is 3.73. The van der Waals surface area contributed by atoms with Crippen LogP contribution >= 0.6 is 0 Å². The van der Waals surface area contributed by atoms with Crippen molar-refractivity contribution in [3.05, 3.63) is 23.5 Å². The van der Waals surface area contributed by atoms with Crippen LogP contribution in [0.15, 0.2) is 12.1 Å². The summed E-state index contributed by atoms with van der Waals surface area (Å²) in [6.45, 7) is 12.0. The first kappa shape index (κ1) is 15.8. The summed E-state index contributed by atoms with van der Waals surface area (Å²) in [6.07, 6.45) is 1.21. The molecule has 0 aliphatic heterocycles. The van der Waals surface area contributed by atoms with Crippen molar-refractivity contribution in [1.29, 1.82) is 0 Å². The van der Waals surface area contributed by atoms with Crippen LogP contribution < -0.4 is 5.32 Å². The van der Waals surface area contributed by atoms with Gasteiger partial charge in [-0.2, -0.15) is 9.61 Å². The van der Waals surface area contributed by atoms with Gasteiger partial charge >= 0.3 is 0 Å². The zero-order valence-corrected chi connectivity index (χ0v) is 13.7. The minimum atomic E-state index is 0.220. The highest BCUT2D eigenvalue weighted by atomic mass is 16.5. The zero-order valence-electron chi connectivity index (χ0n) is 13.7. The molecule has 1 N–H and O–H groups in total. The Hall–Kier alpha value is -1.62. The van der Waals surface area contributed by atoms with E-state index in [-0.39, 0.29) is 6.10 Å². The summed E-state index contributed by atoms with van der Waals surface area (Å²) >= 11 is 0. The van der Waals surface area contributed by atoms with Crippen LogP contribution in [-0.2, 0) is 4.74 Å². The van der Waals surface area contributed by atoms with E-state index in [0.29, 0.717) is 5.92 Å². The van der Waals surface area contributed by atoms with Crippen molar-refractivity contribution in [3.63, 3.8) is 0 Å². The summed E-state index contributed by atoms with van der Waals surface area (Å²) in [6, 6.07) is 4.10. The minimum Gasteiger partial charge on any atom is -0.377 e. The number of anilines is 1. The van der Waals surface area contributed by atoms with Gasteiger partial charge in [-0.15, -0.1) is 0 Å². The van der Waals surface area contributed by atoms with Gasteiger partial charge in [0, 0.05) is 31.0 Å². The van der Waals surface area contributed by atoms with Gasteiger partial charge in [0.15, 0.2) is 5.65 Å². The second-order valence-corrected chi connectivity index (χ2v) is 5.64. The van der Waals surface area contributed by atoms with Crippen LogP contribution in [0.1, 0.15) is 51.4 Å². The van der Waals surface area contributed by atoms with E-state index >= 15 is 0 Å². The predicted molar refractivity (Wildman–Crippen MR) is 86.0 cm³/mol. The van der Waals surface area contributed by atoms with E-state index in [1.165, 1.54) is 0 Å². The van der Waals surface area contributed by atoms with Crippen molar-refractivity contribution in [2.75, 3.05) is 18.5 Å². The Morgan fingerprint density at radius 2 is 2.05 bits per heavy atom. The summed E-state index contributed by atoms with van der Waals surface area (Å²) in [5, 5.41) is 7.98. The van der Waals surface area contributed by atoms with E-state index in [2.05, 4.69) is 42.2 Å². The summed E-state index contributed by atoms with van der Waals surface area (Å²) in [4.78, 5) is 4.67. The molecule has 0 saturated carbocycles. The van der Waals surface area contributed by atoms with Gasteiger partial charge in [0.05, 0.1) is 11.8 Å². The van der Waals surface area contributed by atoms with Gasteiger partial charge < -0.3 is 10.1 Å². The standard InChI is InChI=1S/C16H26N4O/c1-6-13(21-7-2)10-17-15-9-14(11(3)4)18-16-8-12(5)19-20(15)16/h8-9,11,13,17H,6-7,10H2,1-5H3/t13-/m0/s1. The number of fused-ring (bicyclic) bond motifs is 1. The largest absolute Gasteiger partial charge is 0.377 e. The van der Waals surface area contributed by atoms with Crippen molar-refractivity contribution in [2.45, 2.75) is 53.1 Å². The van der Waals surface area contributed by atoms with E-state index in [1.54, 1.807) is 0 Å². The lowest BCUT2D eigenvalue weighted by Crippen LogP contribution is -2.23. The first-order chi connectivity index (χ1) is 10.0. The molecule has 5 nitrogen and oxygen atoms in total. The molecule has 5 heteroatoms. The first-order valence-corrected chi connectivity index (χ1v) is 7.77. The molecule has 2 rings (SSSR count).